The van der Waals surface area contributed by atoms with Gasteiger partial charge in [0.25, 0.3) is 0 Å². The van der Waals surface area contributed by atoms with Gasteiger partial charge in [0.05, 0.1) is 30.2 Å². The van der Waals surface area contributed by atoms with Crippen LogP contribution in [0.3, 0.4) is 0 Å². The minimum Gasteiger partial charge on any atom is -0.396 e. The molecule has 1 unspecified atom stereocenters. The van der Waals surface area contributed by atoms with E-state index in [9.17, 15) is 13.5 Å². The van der Waals surface area contributed by atoms with Crippen LogP contribution in [0.5, 0.6) is 0 Å². The molecule has 0 aromatic carbocycles. The Labute approximate surface area is 153 Å². The summed E-state index contributed by atoms with van der Waals surface area (Å²) in [5.41, 5.74) is 1.57. The van der Waals surface area contributed by atoms with E-state index >= 15 is 0 Å². The highest BCUT2D eigenvalue weighted by molar-refractivity contribution is 7.90. The van der Waals surface area contributed by atoms with Crippen molar-refractivity contribution in [3.05, 3.63) is 24.3 Å². The molecule has 1 rings (SSSR count). The number of aliphatic hydroxyl groups excluding tert-OH is 2. The fraction of sp³-hybridized carbons (Fsp3) is 0.765. The quantitative estimate of drug-likeness (QED) is 0.410. The van der Waals surface area contributed by atoms with Gasteiger partial charge in [-0.15, -0.1) is 0 Å². The molecule has 0 aliphatic carbocycles. The zero-order valence-corrected chi connectivity index (χ0v) is 16.9. The Morgan fingerprint density at radius 3 is 2.52 bits per heavy atom. The van der Waals surface area contributed by atoms with Gasteiger partial charge in [0.1, 0.15) is 0 Å². The molecule has 0 aromatic rings. The van der Waals surface area contributed by atoms with Gasteiger partial charge in [0.2, 0.25) is 0 Å². The van der Waals surface area contributed by atoms with Crippen molar-refractivity contribution in [2.75, 3.05) is 18.6 Å². The Morgan fingerprint density at radius 2 is 2.00 bits per heavy atom. The Bertz CT molecular complexity index is 547. The first kappa shape index (κ1) is 22.7. The third-order valence-corrected chi connectivity index (χ3v) is 5.43. The van der Waals surface area contributed by atoms with Gasteiger partial charge in [0, 0.05) is 35.2 Å². The van der Waals surface area contributed by atoms with E-state index in [4.69, 9.17) is 14.4 Å². The number of sulfone groups is 1. The number of ether oxygens (including phenoxy) is 1. The average molecular weight is 394 g/mol. The third-order valence-electron chi connectivity index (χ3n) is 4.11. The second-order valence-electron chi connectivity index (χ2n) is 6.96. The van der Waals surface area contributed by atoms with E-state index in [1.54, 1.807) is 0 Å². The van der Waals surface area contributed by atoms with Crippen molar-refractivity contribution in [1.82, 2.24) is 0 Å². The van der Waals surface area contributed by atoms with E-state index in [2.05, 4.69) is 22.6 Å². The summed E-state index contributed by atoms with van der Waals surface area (Å²) in [6, 6.07) is 0. The summed E-state index contributed by atoms with van der Waals surface area (Å²) < 4.78 is 33.9. The van der Waals surface area contributed by atoms with Gasteiger partial charge < -0.3 is 19.5 Å². The summed E-state index contributed by atoms with van der Waals surface area (Å²) in [7, 11) is -0.912. The van der Waals surface area contributed by atoms with E-state index in [0.717, 1.165) is 18.2 Å². The van der Waals surface area contributed by atoms with E-state index in [1.165, 1.54) is 0 Å². The van der Waals surface area contributed by atoms with Crippen LogP contribution in [0.4, 0.5) is 0 Å². The molecule has 1 fully saturated rings. The summed E-state index contributed by atoms with van der Waals surface area (Å²) in [6.45, 7) is 7.84. The predicted molar refractivity (Wildman–Crippen MR) is 102 cm³/mol. The molecule has 0 spiro atoms. The molecule has 0 amide bonds. The molecule has 0 saturated carbocycles. The smallest absolute Gasteiger partial charge is 0.151 e. The fourth-order valence-electron chi connectivity index (χ4n) is 3.20. The van der Waals surface area contributed by atoms with Crippen LogP contribution in [0.2, 0.25) is 0 Å². The van der Waals surface area contributed by atoms with Crippen LogP contribution >= 0.6 is 9.47 Å². The number of hydrogen-bond donors (Lipinski definition) is 2. The van der Waals surface area contributed by atoms with Crippen molar-refractivity contribution in [1.29, 1.82) is 0 Å². The lowest BCUT2D eigenvalue weighted by molar-refractivity contribution is -0.0663. The Morgan fingerprint density at radius 1 is 1.40 bits per heavy atom. The van der Waals surface area contributed by atoms with Crippen molar-refractivity contribution >= 4 is 19.3 Å². The second kappa shape index (κ2) is 10.8. The number of aliphatic hydroxyl groups is 2. The van der Waals surface area contributed by atoms with Gasteiger partial charge >= 0.3 is 0 Å². The Hall–Kier alpha value is -0.300. The maximum absolute atomic E-state index is 11.3. The van der Waals surface area contributed by atoms with Gasteiger partial charge in [0.15, 0.2) is 9.84 Å². The molecule has 146 valence electrons. The lowest BCUT2D eigenvalue weighted by atomic mass is 9.92. The predicted octanol–water partition coefficient (Wildman–Crippen LogP) is 1.78. The van der Waals surface area contributed by atoms with Crippen molar-refractivity contribution in [3.63, 3.8) is 0 Å². The largest absolute Gasteiger partial charge is 0.396 e. The SMILES string of the molecule is C=C1C[C@H](C[C@@H](O)CC(=C)CS(C)(=O)=O)O[C@H](C[C@H](CCO)OP)C1. The molecular weight excluding hydrogens is 363 g/mol. The van der Waals surface area contributed by atoms with Crippen LogP contribution < -0.4 is 0 Å². The third kappa shape index (κ3) is 9.83. The zero-order chi connectivity index (χ0) is 19.0. The average Bonchev–Trinajstić information content (AvgIpc) is 2.43. The molecular formula is C17H31O6PS. The lowest BCUT2D eigenvalue weighted by Crippen LogP contribution is -2.34. The van der Waals surface area contributed by atoms with Crippen LogP contribution in [-0.4, -0.2) is 61.7 Å². The van der Waals surface area contributed by atoms with Crippen molar-refractivity contribution < 1.29 is 27.9 Å². The monoisotopic (exact) mass is 394 g/mol. The summed E-state index contributed by atoms with van der Waals surface area (Å²) in [5.74, 6) is -0.112. The summed E-state index contributed by atoms with van der Waals surface area (Å²) in [4.78, 5) is 0. The molecule has 1 aliphatic rings. The highest BCUT2D eigenvalue weighted by Gasteiger charge is 2.28. The molecule has 0 aromatic heterocycles. The van der Waals surface area contributed by atoms with Crippen LogP contribution in [0, 0.1) is 0 Å². The molecule has 2 N–H and O–H groups in total. The van der Waals surface area contributed by atoms with Crippen molar-refractivity contribution in [2.24, 2.45) is 0 Å². The number of hydrogen-bond acceptors (Lipinski definition) is 6. The molecule has 25 heavy (non-hydrogen) atoms. The molecule has 1 aliphatic heterocycles. The van der Waals surface area contributed by atoms with Crippen LogP contribution in [0.15, 0.2) is 24.3 Å². The van der Waals surface area contributed by atoms with Gasteiger partial charge in [-0.1, -0.05) is 24.3 Å². The highest BCUT2D eigenvalue weighted by Crippen LogP contribution is 2.30. The minimum absolute atomic E-state index is 0.0529. The fourth-order valence-corrected chi connectivity index (χ4v) is 4.31. The molecule has 1 heterocycles. The van der Waals surface area contributed by atoms with Gasteiger partial charge in [-0.2, -0.15) is 0 Å². The maximum atomic E-state index is 11.3. The normalized spacial score (nSPS) is 24.1. The molecule has 5 atom stereocenters. The van der Waals surface area contributed by atoms with Gasteiger partial charge in [-0.25, -0.2) is 8.42 Å². The van der Waals surface area contributed by atoms with Crippen LogP contribution in [0.1, 0.15) is 38.5 Å². The maximum Gasteiger partial charge on any atom is 0.151 e. The van der Waals surface area contributed by atoms with Crippen molar-refractivity contribution in [3.8, 4) is 0 Å². The van der Waals surface area contributed by atoms with Gasteiger partial charge in [-0.05, 0) is 25.7 Å². The van der Waals surface area contributed by atoms with Crippen LogP contribution in [-0.2, 0) is 19.1 Å². The summed E-state index contributed by atoms with van der Waals surface area (Å²) in [5, 5.41) is 19.3. The summed E-state index contributed by atoms with van der Waals surface area (Å²) >= 11 is 0. The standard InChI is InChI=1S/C17H31O6PS/c1-12-7-16(9-14(19)6-13(2)11-25(3,20)21)22-17(8-12)10-15(23-24)4-5-18/h14-19H,1-2,4-11,24H2,3H3/t14-,15-,16+,17-/m0/s1. The Kier molecular flexibility index (Phi) is 9.78. The zero-order valence-electron chi connectivity index (χ0n) is 14.9. The highest BCUT2D eigenvalue weighted by atomic mass is 32.2. The van der Waals surface area contributed by atoms with Crippen LogP contribution in [0.25, 0.3) is 0 Å². The van der Waals surface area contributed by atoms with Gasteiger partial charge in [-0.3, -0.25) is 0 Å². The van der Waals surface area contributed by atoms with E-state index in [0.29, 0.717) is 31.3 Å². The number of rotatable bonds is 11. The molecule has 8 heteroatoms. The first-order chi connectivity index (χ1) is 11.6. The molecule has 1 saturated heterocycles. The van der Waals surface area contributed by atoms with E-state index in [-0.39, 0.29) is 37.1 Å². The molecule has 6 nitrogen and oxygen atoms in total. The Balaban J connectivity index is 2.51. The second-order valence-corrected chi connectivity index (χ2v) is 9.37. The first-order valence-corrected chi connectivity index (χ1v) is 11.0. The first-order valence-electron chi connectivity index (χ1n) is 8.43. The van der Waals surface area contributed by atoms with E-state index < -0.39 is 15.9 Å². The molecule has 0 bridgehead atoms. The lowest BCUT2D eigenvalue weighted by Gasteiger charge is -2.34. The topological polar surface area (TPSA) is 93.1 Å². The minimum atomic E-state index is -3.13. The van der Waals surface area contributed by atoms with Crippen molar-refractivity contribution in [2.45, 2.75) is 62.9 Å². The van der Waals surface area contributed by atoms with E-state index in [1.807, 2.05) is 0 Å². The summed E-state index contributed by atoms with van der Waals surface area (Å²) in [6.07, 6.45) is 3.38. The molecule has 0 radical (unpaired) electrons.